The molecule has 0 saturated heterocycles. The van der Waals surface area contributed by atoms with Crippen molar-refractivity contribution in [3.05, 3.63) is 35.9 Å². The summed E-state index contributed by atoms with van der Waals surface area (Å²) in [7, 11) is 0. The molecule has 0 aliphatic heterocycles. The van der Waals surface area contributed by atoms with Gasteiger partial charge in [0.25, 0.3) is 0 Å². The Morgan fingerprint density at radius 1 is 1.39 bits per heavy atom. The minimum Gasteiger partial charge on any atom is -0.409 e. The van der Waals surface area contributed by atoms with Gasteiger partial charge in [0.15, 0.2) is 5.84 Å². The van der Waals surface area contributed by atoms with Crippen LogP contribution in [0.5, 0.6) is 0 Å². The Morgan fingerprint density at radius 2 is 2.06 bits per heavy atom. The summed E-state index contributed by atoms with van der Waals surface area (Å²) in [4.78, 5) is 12.1. The molecule has 0 radical (unpaired) electrons. The average Bonchev–Trinajstić information content (AvgIpc) is 2.36. The van der Waals surface area contributed by atoms with Crippen LogP contribution in [0, 0.1) is 5.41 Å². The van der Waals surface area contributed by atoms with Crippen LogP contribution in [-0.4, -0.2) is 17.0 Å². The van der Waals surface area contributed by atoms with Gasteiger partial charge in [-0.05, 0) is 18.4 Å². The first kappa shape index (κ1) is 12.4. The van der Waals surface area contributed by atoms with Crippen molar-refractivity contribution < 1.29 is 10.0 Å². The van der Waals surface area contributed by atoms with Crippen molar-refractivity contribution in [2.24, 2.45) is 16.3 Å². The number of nitrogens with zero attached hydrogens (tertiary/aromatic N) is 1. The van der Waals surface area contributed by atoms with Crippen LogP contribution in [0.3, 0.4) is 0 Å². The van der Waals surface area contributed by atoms with Gasteiger partial charge >= 0.3 is 0 Å². The number of rotatable bonds is 4. The lowest BCUT2D eigenvalue weighted by Gasteiger charge is -2.38. The van der Waals surface area contributed by atoms with Gasteiger partial charge in [0, 0.05) is 6.54 Å². The van der Waals surface area contributed by atoms with Crippen molar-refractivity contribution in [1.82, 2.24) is 5.32 Å². The van der Waals surface area contributed by atoms with E-state index >= 15 is 0 Å². The van der Waals surface area contributed by atoms with Gasteiger partial charge < -0.3 is 16.3 Å². The highest BCUT2D eigenvalue weighted by Gasteiger charge is 2.48. The van der Waals surface area contributed by atoms with Crippen molar-refractivity contribution in [1.29, 1.82) is 0 Å². The molecule has 4 N–H and O–H groups in total. The van der Waals surface area contributed by atoms with Crippen molar-refractivity contribution in [3.63, 3.8) is 0 Å². The van der Waals surface area contributed by atoms with Crippen LogP contribution in [0.25, 0.3) is 0 Å². The summed E-state index contributed by atoms with van der Waals surface area (Å²) in [6, 6.07) is 9.65. The molecular formula is C13H17N3O2. The molecule has 96 valence electrons. The molecule has 1 aliphatic carbocycles. The topological polar surface area (TPSA) is 87.7 Å². The number of nitrogens with one attached hydrogen (secondary N) is 1. The first-order valence-corrected chi connectivity index (χ1v) is 5.99. The fraction of sp³-hybridized carbons (Fsp3) is 0.385. The summed E-state index contributed by atoms with van der Waals surface area (Å²) in [5.74, 6) is -0.146. The van der Waals surface area contributed by atoms with Crippen LogP contribution >= 0.6 is 0 Å². The normalized spacial score (nSPS) is 17.9. The zero-order valence-corrected chi connectivity index (χ0v) is 10.1. The largest absolute Gasteiger partial charge is 0.409 e. The quantitative estimate of drug-likeness (QED) is 0.323. The third-order valence-corrected chi connectivity index (χ3v) is 3.54. The van der Waals surface area contributed by atoms with Crippen LogP contribution < -0.4 is 11.1 Å². The Labute approximate surface area is 106 Å². The summed E-state index contributed by atoms with van der Waals surface area (Å²) >= 11 is 0. The van der Waals surface area contributed by atoms with Crippen LogP contribution in [0.4, 0.5) is 0 Å². The molecular weight excluding hydrogens is 230 g/mol. The van der Waals surface area contributed by atoms with Crippen molar-refractivity contribution >= 4 is 11.7 Å². The fourth-order valence-corrected chi connectivity index (χ4v) is 2.17. The van der Waals surface area contributed by atoms with Crippen molar-refractivity contribution in [3.8, 4) is 0 Å². The first-order chi connectivity index (χ1) is 8.69. The van der Waals surface area contributed by atoms with E-state index in [-0.39, 0.29) is 11.7 Å². The van der Waals surface area contributed by atoms with Crippen LogP contribution in [-0.2, 0) is 11.3 Å². The van der Waals surface area contributed by atoms with Gasteiger partial charge in [-0.2, -0.15) is 0 Å². The lowest BCUT2D eigenvalue weighted by Crippen LogP contribution is -2.53. The maximum Gasteiger partial charge on any atom is 0.234 e. The average molecular weight is 247 g/mol. The number of carbonyl (C=O) groups excluding carboxylic acids is 1. The molecule has 1 fully saturated rings. The third kappa shape index (κ3) is 2.16. The molecule has 0 spiro atoms. The smallest absolute Gasteiger partial charge is 0.234 e. The third-order valence-electron chi connectivity index (χ3n) is 3.54. The predicted molar refractivity (Wildman–Crippen MR) is 68.0 cm³/mol. The van der Waals surface area contributed by atoms with E-state index < -0.39 is 5.41 Å². The van der Waals surface area contributed by atoms with E-state index in [9.17, 15) is 4.79 Å². The maximum absolute atomic E-state index is 12.1. The molecule has 5 heteroatoms. The molecule has 1 aliphatic rings. The second kappa shape index (κ2) is 5.08. The van der Waals surface area contributed by atoms with E-state index in [1.54, 1.807) is 0 Å². The minimum absolute atomic E-state index is 0.0133. The monoisotopic (exact) mass is 247 g/mol. The number of amides is 1. The molecule has 0 atom stereocenters. The number of hydrogen-bond acceptors (Lipinski definition) is 3. The van der Waals surface area contributed by atoms with Crippen LogP contribution in [0.15, 0.2) is 35.5 Å². The van der Waals surface area contributed by atoms with E-state index in [2.05, 4.69) is 10.5 Å². The van der Waals surface area contributed by atoms with Crippen molar-refractivity contribution in [2.45, 2.75) is 25.8 Å². The molecule has 0 bridgehead atoms. The minimum atomic E-state index is -0.802. The Hall–Kier alpha value is -2.04. The summed E-state index contributed by atoms with van der Waals surface area (Å²) in [5.41, 5.74) is 5.85. The van der Waals surface area contributed by atoms with Gasteiger partial charge in [0.05, 0.1) is 0 Å². The van der Waals surface area contributed by atoms with Gasteiger partial charge in [0.1, 0.15) is 5.41 Å². The molecule has 18 heavy (non-hydrogen) atoms. The van der Waals surface area contributed by atoms with Gasteiger partial charge in [-0.25, -0.2) is 0 Å². The van der Waals surface area contributed by atoms with E-state index in [0.717, 1.165) is 12.0 Å². The van der Waals surface area contributed by atoms with E-state index in [0.29, 0.717) is 19.4 Å². The number of amidine groups is 1. The summed E-state index contributed by atoms with van der Waals surface area (Å²) < 4.78 is 0. The highest BCUT2D eigenvalue weighted by Crippen LogP contribution is 2.41. The zero-order valence-electron chi connectivity index (χ0n) is 10.1. The van der Waals surface area contributed by atoms with Gasteiger partial charge in [-0.1, -0.05) is 41.9 Å². The molecule has 0 heterocycles. The van der Waals surface area contributed by atoms with Crippen LogP contribution in [0.2, 0.25) is 0 Å². The number of hydrogen-bond donors (Lipinski definition) is 3. The van der Waals surface area contributed by atoms with E-state index in [1.807, 2.05) is 30.3 Å². The Balaban J connectivity index is 1.99. The zero-order chi connectivity index (χ0) is 13.0. The molecule has 5 nitrogen and oxygen atoms in total. The van der Waals surface area contributed by atoms with E-state index in [1.165, 1.54) is 0 Å². The lowest BCUT2D eigenvalue weighted by atomic mass is 9.67. The number of nitrogens with two attached hydrogens (primary N) is 1. The Kier molecular flexibility index (Phi) is 3.50. The molecule has 0 aromatic heterocycles. The molecule has 1 aromatic carbocycles. The van der Waals surface area contributed by atoms with Gasteiger partial charge in [-0.3, -0.25) is 4.79 Å². The molecule has 0 unspecified atom stereocenters. The summed E-state index contributed by atoms with van der Waals surface area (Å²) in [6.07, 6.45) is 2.21. The predicted octanol–water partition coefficient (Wildman–Crippen LogP) is 1.22. The standard InChI is InChI=1S/C13H17N3O2/c14-11(16-18)13(7-4-8-13)12(17)15-9-10-5-2-1-3-6-10/h1-3,5-6,18H,4,7-9H2,(H2,14,16)(H,15,17). The highest BCUT2D eigenvalue weighted by molar-refractivity contribution is 6.07. The second-order valence-corrected chi connectivity index (χ2v) is 4.59. The van der Waals surface area contributed by atoms with Crippen LogP contribution in [0.1, 0.15) is 24.8 Å². The number of oxime groups is 1. The Morgan fingerprint density at radius 3 is 2.56 bits per heavy atom. The maximum atomic E-state index is 12.1. The number of carbonyl (C=O) groups is 1. The second-order valence-electron chi connectivity index (χ2n) is 4.59. The fourth-order valence-electron chi connectivity index (χ4n) is 2.17. The lowest BCUT2D eigenvalue weighted by molar-refractivity contribution is -0.131. The highest BCUT2D eigenvalue weighted by atomic mass is 16.4. The summed E-state index contributed by atoms with van der Waals surface area (Å²) in [5, 5.41) is 14.6. The molecule has 1 aromatic rings. The van der Waals surface area contributed by atoms with E-state index in [4.69, 9.17) is 10.9 Å². The van der Waals surface area contributed by atoms with Crippen molar-refractivity contribution in [2.75, 3.05) is 0 Å². The number of benzene rings is 1. The SMILES string of the molecule is N/C(=N/O)C1(C(=O)NCc2ccccc2)CCC1. The molecule has 1 amide bonds. The summed E-state index contributed by atoms with van der Waals surface area (Å²) in [6.45, 7) is 0.458. The first-order valence-electron chi connectivity index (χ1n) is 5.99. The Bertz CT molecular complexity index is 453. The van der Waals surface area contributed by atoms with Gasteiger partial charge in [-0.15, -0.1) is 0 Å². The molecule has 1 saturated carbocycles. The molecule has 2 rings (SSSR count). The van der Waals surface area contributed by atoms with Gasteiger partial charge in [0.2, 0.25) is 5.91 Å².